The first kappa shape index (κ1) is 13.3. The molecule has 1 atom stereocenters. The fraction of sp³-hybridized carbons (Fsp3) is 0.700. The molecule has 0 aliphatic heterocycles. The van der Waals surface area contributed by atoms with E-state index in [-0.39, 0.29) is 18.9 Å². The highest BCUT2D eigenvalue weighted by molar-refractivity contribution is 5.82. The molecule has 0 radical (unpaired) electrons. The van der Waals surface area contributed by atoms with Crippen molar-refractivity contribution in [3.8, 4) is 0 Å². The zero-order valence-corrected chi connectivity index (χ0v) is 9.66. The predicted octanol–water partition coefficient (Wildman–Crippen LogP) is -0.573. The molecule has 3 amide bonds. The Bertz CT molecular complexity index is 315. The Balaban J connectivity index is 2.06. The van der Waals surface area contributed by atoms with Gasteiger partial charge in [-0.25, -0.2) is 4.79 Å². The van der Waals surface area contributed by atoms with Crippen LogP contribution in [0.1, 0.15) is 26.2 Å². The van der Waals surface area contributed by atoms with E-state index in [0.717, 1.165) is 12.8 Å². The van der Waals surface area contributed by atoms with Crippen LogP contribution in [0.3, 0.4) is 0 Å². The van der Waals surface area contributed by atoms with Crippen LogP contribution in [0, 0.1) is 0 Å². The lowest BCUT2D eigenvalue weighted by atomic mass is 10.3. The Kier molecular flexibility index (Phi) is 4.74. The van der Waals surface area contributed by atoms with E-state index in [0.29, 0.717) is 6.04 Å². The van der Waals surface area contributed by atoms with Gasteiger partial charge in [-0.2, -0.15) is 0 Å². The highest BCUT2D eigenvalue weighted by Crippen LogP contribution is 2.18. The molecular formula is C10H17N3O4. The lowest BCUT2D eigenvalue weighted by Gasteiger charge is -2.10. The van der Waals surface area contributed by atoms with Gasteiger partial charge in [0.2, 0.25) is 5.91 Å². The third-order valence-corrected chi connectivity index (χ3v) is 2.30. The van der Waals surface area contributed by atoms with Crippen LogP contribution in [0.25, 0.3) is 0 Å². The van der Waals surface area contributed by atoms with Gasteiger partial charge in [-0.1, -0.05) is 0 Å². The Morgan fingerprint density at radius 1 is 1.35 bits per heavy atom. The van der Waals surface area contributed by atoms with Crippen molar-refractivity contribution in [2.75, 3.05) is 6.54 Å². The molecule has 7 heteroatoms. The molecule has 0 bridgehead atoms. The number of hydrogen-bond acceptors (Lipinski definition) is 3. The van der Waals surface area contributed by atoms with Gasteiger partial charge in [0.15, 0.2) is 0 Å². The second-order valence-electron chi connectivity index (χ2n) is 4.05. The highest BCUT2D eigenvalue weighted by Gasteiger charge is 2.22. The number of hydrogen-bond donors (Lipinski definition) is 4. The van der Waals surface area contributed by atoms with Crippen molar-refractivity contribution in [3.63, 3.8) is 0 Å². The molecule has 0 aromatic heterocycles. The molecule has 0 saturated heterocycles. The van der Waals surface area contributed by atoms with E-state index in [4.69, 9.17) is 5.11 Å². The van der Waals surface area contributed by atoms with E-state index in [1.165, 1.54) is 6.92 Å². The summed E-state index contributed by atoms with van der Waals surface area (Å²) in [4.78, 5) is 32.8. The Morgan fingerprint density at radius 2 is 2.00 bits per heavy atom. The monoisotopic (exact) mass is 243 g/mol. The van der Waals surface area contributed by atoms with Crippen molar-refractivity contribution in [1.29, 1.82) is 0 Å². The Labute approximate surface area is 98.9 Å². The Hall–Kier alpha value is -1.79. The standard InChI is InChI=1S/C10H17N3O4/c1-6(9(15)16)12-10(17)11-5-4-8(14)13-7-2-3-7/h6-7H,2-5H2,1H3,(H,13,14)(H,15,16)(H2,11,12,17)/t6-/m0/s1. The van der Waals surface area contributed by atoms with Crippen molar-refractivity contribution in [2.45, 2.75) is 38.3 Å². The topological polar surface area (TPSA) is 108 Å². The Morgan fingerprint density at radius 3 is 2.53 bits per heavy atom. The second-order valence-corrected chi connectivity index (χ2v) is 4.05. The zero-order chi connectivity index (χ0) is 12.8. The van der Waals surface area contributed by atoms with Crippen LogP contribution in [0.5, 0.6) is 0 Å². The average Bonchev–Trinajstić information content (AvgIpc) is 3.01. The maximum Gasteiger partial charge on any atom is 0.325 e. The van der Waals surface area contributed by atoms with Crippen LogP contribution in [0.4, 0.5) is 4.79 Å². The van der Waals surface area contributed by atoms with Crippen molar-refractivity contribution < 1.29 is 19.5 Å². The first-order valence-electron chi connectivity index (χ1n) is 5.55. The molecule has 0 heterocycles. The van der Waals surface area contributed by atoms with Gasteiger partial charge in [0.25, 0.3) is 0 Å². The minimum absolute atomic E-state index is 0.0981. The number of rotatable bonds is 6. The summed E-state index contributed by atoms with van der Waals surface area (Å²) in [5.41, 5.74) is 0. The van der Waals surface area contributed by atoms with Gasteiger partial charge in [-0.15, -0.1) is 0 Å². The maximum absolute atomic E-state index is 11.2. The van der Waals surface area contributed by atoms with Gasteiger partial charge in [-0.05, 0) is 19.8 Å². The van der Waals surface area contributed by atoms with Crippen molar-refractivity contribution in [3.05, 3.63) is 0 Å². The lowest BCUT2D eigenvalue weighted by Crippen LogP contribution is -2.45. The number of aliphatic carboxylic acids is 1. The highest BCUT2D eigenvalue weighted by atomic mass is 16.4. The van der Waals surface area contributed by atoms with Crippen molar-refractivity contribution in [2.24, 2.45) is 0 Å². The van der Waals surface area contributed by atoms with Gasteiger partial charge >= 0.3 is 12.0 Å². The maximum atomic E-state index is 11.2. The molecule has 0 spiro atoms. The molecule has 7 nitrogen and oxygen atoms in total. The summed E-state index contributed by atoms with van der Waals surface area (Å²) in [5, 5.41) is 16.0. The summed E-state index contributed by atoms with van der Waals surface area (Å²) >= 11 is 0. The van der Waals surface area contributed by atoms with Gasteiger partial charge in [0.1, 0.15) is 6.04 Å². The minimum atomic E-state index is -1.10. The van der Waals surface area contributed by atoms with E-state index in [1.807, 2.05) is 0 Å². The molecule has 17 heavy (non-hydrogen) atoms. The number of carbonyl (C=O) groups is 3. The molecule has 1 fully saturated rings. The average molecular weight is 243 g/mol. The number of nitrogens with one attached hydrogen (secondary N) is 3. The molecule has 1 saturated carbocycles. The number of carbonyl (C=O) groups excluding carboxylic acids is 2. The van der Waals surface area contributed by atoms with E-state index in [2.05, 4.69) is 16.0 Å². The summed E-state index contributed by atoms with van der Waals surface area (Å²) in [6, 6.07) is -1.22. The summed E-state index contributed by atoms with van der Waals surface area (Å²) < 4.78 is 0. The SMILES string of the molecule is C[C@H](NC(=O)NCCC(=O)NC1CC1)C(=O)O. The van der Waals surface area contributed by atoms with Crippen molar-refractivity contribution in [1.82, 2.24) is 16.0 Å². The summed E-state index contributed by atoms with van der Waals surface area (Å²) in [6.07, 6.45) is 2.25. The summed E-state index contributed by atoms with van der Waals surface area (Å²) in [6.45, 7) is 1.55. The largest absolute Gasteiger partial charge is 0.480 e. The molecule has 1 rings (SSSR count). The predicted molar refractivity (Wildman–Crippen MR) is 59.4 cm³/mol. The fourth-order valence-electron chi connectivity index (χ4n) is 1.13. The first-order chi connectivity index (χ1) is 7.99. The number of amides is 3. The van der Waals surface area contributed by atoms with Crippen LogP contribution < -0.4 is 16.0 Å². The van der Waals surface area contributed by atoms with Crippen LogP contribution in [0.2, 0.25) is 0 Å². The fourth-order valence-corrected chi connectivity index (χ4v) is 1.13. The van der Waals surface area contributed by atoms with Gasteiger partial charge < -0.3 is 21.1 Å². The molecule has 1 aliphatic rings. The number of carboxylic acid groups (broad SMARTS) is 1. The normalized spacial score (nSPS) is 15.8. The third-order valence-electron chi connectivity index (χ3n) is 2.30. The quantitative estimate of drug-likeness (QED) is 0.501. The van der Waals surface area contributed by atoms with Crippen LogP contribution >= 0.6 is 0 Å². The smallest absolute Gasteiger partial charge is 0.325 e. The van der Waals surface area contributed by atoms with Gasteiger partial charge in [-0.3, -0.25) is 9.59 Å². The van der Waals surface area contributed by atoms with E-state index in [1.54, 1.807) is 0 Å². The molecule has 4 N–H and O–H groups in total. The first-order valence-corrected chi connectivity index (χ1v) is 5.55. The van der Waals surface area contributed by atoms with E-state index >= 15 is 0 Å². The molecule has 0 unspecified atom stereocenters. The molecular weight excluding hydrogens is 226 g/mol. The third kappa shape index (κ3) is 5.74. The second kappa shape index (κ2) is 6.07. The van der Waals surface area contributed by atoms with Gasteiger partial charge in [0.05, 0.1) is 0 Å². The lowest BCUT2D eigenvalue weighted by molar-refractivity contribution is -0.138. The van der Waals surface area contributed by atoms with Gasteiger partial charge in [0, 0.05) is 19.0 Å². The van der Waals surface area contributed by atoms with E-state index < -0.39 is 18.0 Å². The van der Waals surface area contributed by atoms with Crippen LogP contribution in [0.15, 0.2) is 0 Å². The molecule has 0 aromatic carbocycles. The van der Waals surface area contributed by atoms with Crippen LogP contribution in [-0.2, 0) is 9.59 Å². The number of carboxylic acids is 1. The molecule has 1 aliphatic carbocycles. The molecule has 0 aromatic rings. The minimum Gasteiger partial charge on any atom is -0.480 e. The summed E-state index contributed by atoms with van der Waals surface area (Å²) in [5.74, 6) is -1.20. The number of urea groups is 1. The zero-order valence-electron chi connectivity index (χ0n) is 9.66. The van der Waals surface area contributed by atoms with Crippen LogP contribution in [-0.4, -0.2) is 41.6 Å². The van der Waals surface area contributed by atoms with E-state index in [9.17, 15) is 14.4 Å². The summed E-state index contributed by atoms with van der Waals surface area (Å²) in [7, 11) is 0. The van der Waals surface area contributed by atoms with Crippen molar-refractivity contribution >= 4 is 17.9 Å². The molecule has 96 valence electrons.